The molecule has 0 atom stereocenters. The van der Waals surface area contributed by atoms with Gasteiger partial charge in [-0.15, -0.1) is 0 Å². The van der Waals surface area contributed by atoms with Gasteiger partial charge in [0.25, 0.3) is 5.91 Å². The Hall–Kier alpha value is -3.39. The zero-order chi connectivity index (χ0) is 20.6. The molecule has 0 aliphatic heterocycles. The first kappa shape index (κ1) is 18.9. The highest BCUT2D eigenvalue weighted by atomic mass is 35.5. The van der Waals surface area contributed by atoms with Crippen molar-refractivity contribution in [1.29, 1.82) is 0 Å². The van der Waals surface area contributed by atoms with Gasteiger partial charge in [0.15, 0.2) is 17.0 Å². The Balaban J connectivity index is 1.79. The Morgan fingerprint density at radius 1 is 1.00 bits per heavy atom. The largest absolute Gasteiger partial charge is 0.433 e. The summed E-state index contributed by atoms with van der Waals surface area (Å²) in [5.74, 6) is -0.674. The number of halogens is 4. The number of nitrogens with one attached hydrogen (secondary N) is 1. The van der Waals surface area contributed by atoms with Crippen molar-refractivity contribution in [2.24, 2.45) is 0 Å². The molecule has 0 aliphatic carbocycles. The van der Waals surface area contributed by atoms with Gasteiger partial charge < -0.3 is 5.32 Å². The summed E-state index contributed by atoms with van der Waals surface area (Å²) in [6, 6.07) is 17.0. The molecule has 2 aromatic heterocycles. The summed E-state index contributed by atoms with van der Waals surface area (Å²) >= 11 is 5.88. The van der Waals surface area contributed by atoms with E-state index in [1.54, 1.807) is 48.5 Å². The van der Waals surface area contributed by atoms with Crippen molar-refractivity contribution < 1.29 is 18.0 Å². The molecule has 146 valence electrons. The number of alkyl halides is 3. The minimum Gasteiger partial charge on any atom is -0.321 e. The van der Waals surface area contributed by atoms with Gasteiger partial charge >= 0.3 is 6.18 Å². The van der Waals surface area contributed by atoms with Crippen LogP contribution in [-0.4, -0.2) is 20.5 Å². The number of rotatable bonds is 3. The molecule has 0 unspecified atom stereocenters. The molecule has 9 heteroatoms. The molecule has 2 aromatic carbocycles. The number of carbonyl (C=O) groups is 1. The summed E-state index contributed by atoms with van der Waals surface area (Å²) in [5.41, 5.74) is -0.265. The van der Waals surface area contributed by atoms with E-state index < -0.39 is 17.8 Å². The van der Waals surface area contributed by atoms with Crippen molar-refractivity contribution in [3.05, 3.63) is 83.1 Å². The van der Waals surface area contributed by atoms with Gasteiger partial charge in [0.05, 0.1) is 5.69 Å². The van der Waals surface area contributed by atoms with Gasteiger partial charge in [-0.3, -0.25) is 4.79 Å². The lowest BCUT2D eigenvalue weighted by atomic mass is 10.1. The van der Waals surface area contributed by atoms with Gasteiger partial charge in [0, 0.05) is 22.3 Å². The molecule has 0 spiro atoms. The summed E-state index contributed by atoms with van der Waals surface area (Å²) in [6.45, 7) is 0. The van der Waals surface area contributed by atoms with Gasteiger partial charge in [0.2, 0.25) is 0 Å². The molecule has 0 bridgehead atoms. The summed E-state index contributed by atoms with van der Waals surface area (Å²) in [5, 5.41) is 6.79. The number of aromatic nitrogens is 3. The molecule has 0 saturated heterocycles. The van der Waals surface area contributed by atoms with Crippen molar-refractivity contribution in [2.45, 2.75) is 6.18 Å². The zero-order valence-electron chi connectivity index (χ0n) is 14.6. The number of amides is 1. The number of hydrogen-bond donors (Lipinski definition) is 1. The van der Waals surface area contributed by atoms with Gasteiger partial charge in [-0.25, -0.2) is 9.50 Å². The van der Waals surface area contributed by atoms with Crippen LogP contribution in [0.25, 0.3) is 16.9 Å². The lowest BCUT2D eigenvalue weighted by Gasteiger charge is -2.10. The topological polar surface area (TPSA) is 59.3 Å². The Labute approximate surface area is 167 Å². The van der Waals surface area contributed by atoms with Crippen molar-refractivity contribution in [2.75, 3.05) is 5.32 Å². The van der Waals surface area contributed by atoms with Crippen LogP contribution in [0, 0.1) is 0 Å². The lowest BCUT2D eigenvalue weighted by molar-refractivity contribution is -0.142. The maximum absolute atomic E-state index is 13.6. The van der Waals surface area contributed by atoms with E-state index in [-0.39, 0.29) is 17.0 Å². The van der Waals surface area contributed by atoms with Crippen molar-refractivity contribution >= 4 is 28.8 Å². The van der Waals surface area contributed by atoms with E-state index in [0.29, 0.717) is 20.8 Å². The Kier molecular flexibility index (Phi) is 4.71. The molecule has 5 nitrogen and oxygen atoms in total. The molecule has 0 radical (unpaired) electrons. The van der Waals surface area contributed by atoms with E-state index in [1.165, 1.54) is 12.1 Å². The Bertz CT molecular complexity index is 1210. The highest BCUT2D eigenvalue weighted by Gasteiger charge is 2.35. The van der Waals surface area contributed by atoms with Crippen LogP contribution in [0.5, 0.6) is 0 Å². The SMILES string of the molecule is O=C(Nc1cccc(Cl)c1)c1cc2nc(-c3ccccc3)cc(C(F)(F)F)n2n1. The van der Waals surface area contributed by atoms with E-state index in [2.05, 4.69) is 15.4 Å². The zero-order valence-corrected chi connectivity index (χ0v) is 15.4. The second-order valence-electron chi connectivity index (χ2n) is 6.15. The smallest absolute Gasteiger partial charge is 0.321 e. The van der Waals surface area contributed by atoms with Gasteiger partial charge in [-0.05, 0) is 24.3 Å². The summed E-state index contributed by atoms with van der Waals surface area (Å²) in [7, 11) is 0. The number of anilines is 1. The Morgan fingerprint density at radius 3 is 2.45 bits per heavy atom. The van der Waals surface area contributed by atoms with Crippen molar-refractivity contribution in [3.8, 4) is 11.3 Å². The number of carbonyl (C=O) groups excluding carboxylic acids is 1. The van der Waals surface area contributed by atoms with Crippen LogP contribution in [0.4, 0.5) is 18.9 Å². The van der Waals surface area contributed by atoms with Crippen LogP contribution < -0.4 is 5.32 Å². The number of fused-ring (bicyclic) bond motifs is 1. The molecule has 2 heterocycles. The minimum atomic E-state index is -4.68. The average molecular weight is 417 g/mol. The van der Waals surface area contributed by atoms with E-state index in [9.17, 15) is 18.0 Å². The van der Waals surface area contributed by atoms with Crippen LogP contribution >= 0.6 is 11.6 Å². The van der Waals surface area contributed by atoms with Gasteiger partial charge in [0.1, 0.15) is 0 Å². The van der Waals surface area contributed by atoms with E-state index in [0.717, 1.165) is 6.07 Å². The van der Waals surface area contributed by atoms with Gasteiger partial charge in [-0.2, -0.15) is 18.3 Å². The third-order valence-electron chi connectivity index (χ3n) is 4.10. The molecule has 1 N–H and O–H groups in total. The highest BCUT2D eigenvalue weighted by Crippen LogP contribution is 2.32. The first-order valence-electron chi connectivity index (χ1n) is 8.41. The summed E-state index contributed by atoms with van der Waals surface area (Å²) in [4.78, 5) is 16.7. The monoisotopic (exact) mass is 416 g/mol. The molecular formula is C20H12ClF3N4O. The fourth-order valence-electron chi connectivity index (χ4n) is 2.81. The fourth-order valence-corrected chi connectivity index (χ4v) is 3.00. The Morgan fingerprint density at radius 2 is 1.76 bits per heavy atom. The number of hydrogen-bond acceptors (Lipinski definition) is 3. The first-order chi connectivity index (χ1) is 13.8. The normalized spacial score (nSPS) is 11.6. The third kappa shape index (κ3) is 3.93. The number of nitrogens with zero attached hydrogens (tertiary/aromatic N) is 3. The predicted octanol–water partition coefficient (Wildman–Crippen LogP) is 5.32. The second kappa shape index (κ2) is 7.21. The molecule has 0 aliphatic rings. The summed E-state index contributed by atoms with van der Waals surface area (Å²) < 4.78 is 41.5. The van der Waals surface area contributed by atoms with Crippen molar-refractivity contribution in [1.82, 2.24) is 14.6 Å². The van der Waals surface area contributed by atoms with E-state index in [4.69, 9.17) is 11.6 Å². The molecule has 1 amide bonds. The standard InChI is InChI=1S/C20H12ClF3N4O/c21-13-7-4-8-14(9-13)25-19(29)16-11-18-26-15(12-5-2-1-3-6-12)10-17(20(22,23)24)28(18)27-16/h1-11H,(H,25,29). The van der Waals surface area contributed by atoms with Gasteiger partial charge in [-0.1, -0.05) is 48.0 Å². The molecular weight excluding hydrogens is 405 g/mol. The van der Waals surface area contributed by atoms with Crippen molar-refractivity contribution in [3.63, 3.8) is 0 Å². The molecule has 0 fully saturated rings. The quantitative estimate of drug-likeness (QED) is 0.491. The minimum absolute atomic E-state index is 0.0880. The summed E-state index contributed by atoms with van der Waals surface area (Å²) in [6.07, 6.45) is -4.68. The van der Waals surface area contributed by atoms with Crippen LogP contribution in [0.1, 0.15) is 16.2 Å². The van der Waals surface area contributed by atoms with E-state index >= 15 is 0 Å². The second-order valence-corrected chi connectivity index (χ2v) is 6.59. The molecule has 0 saturated carbocycles. The maximum atomic E-state index is 13.6. The predicted molar refractivity (Wildman–Crippen MR) is 103 cm³/mol. The van der Waals surface area contributed by atoms with Crippen LogP contribution in [0.3, 0.4) is 0 Å². The van der Waals surface area contributed by atoms with Crippen LogP contribution in [0.15, 0.2) is 66.7 Å². The van der Waals surface area contributed by atoms with Crippen LogP contribution in [-0.2, 0) is 6.18 Å². The fraction of sp³-hybridized carbons (Fsp3) is 0.0500. The average Bonchev–Trinajstić information content (AvgIpc) is 3.11. The molecule has 4 rings (SSSR count). The first-order valence-corrected chi connectivity index (χ1v) is 8.79. The van der Waals surface area contributed by atoms with E-state index in [1.807, 2.05) is 0 Å². The third-order valence-corrected chi connectivity index (χ3v) is 4.34. The molecule has 4 aromatic rings. The lowest BCUT2D eigenvalue weighted by Crippen LogP contribution is -2.15. The van der Waals surface area contributed by atoms with Crippen LogP contribution in [0.2, 0.25) is 5.02 Å². The number of benzene rings is 2. The maximum Gasteiger partial charge on any atom is 0.433 e. The highest BCUT2D eigenvalue weighted by molar-refractivity contribution is 6.30. The molecule has 29 heavy (non-hydrogen) atoms.